The van der Waals surface area contributed by atoms with Crippen molar-refractivity contribution < 1.29 is 10.2 Å². The van der Waals surface area contributed by atoms with Gasteiger partial charge in [-0.2, -0.15) is 0 Å². The summed E-state index contributed by atoms with van der Waals surface area (Å²) in [5.41, 5.74) is 1.17. The van der Waals surface area contributed by atoms with E-state index in [2.05, 4.69) is 31.2 Å². The average molecular weight is 274 g/mol. The summed E-state index contributed by atoms with van der Waals surface area (Å²) in [5.74, 6) is -0.131. The number of phenolic OH excluding ortho intramolecular Hbond substituents is 2. The van der Waals surface area contributed by atoms with Crippen molar-refractivity contribution in [3.05, 3.63) is 60.2 Å². The summed E-state index contributed by atoms with van der Waals surface area (Å²) in [7, 11) is 0. The van der Waals surface area contributed by atoms with Crippen LogP contribution in [0.5, 0.6) is 11.5 Å². The van der Waals surface area contributed by atoms with Crippen LogP contribution < -0.4 is 0 Å². The fourth-order valence-electron chi connectivity index (χ4n) is 3.21. The zero-order chi connectivity index (χ0) is 14.6. The highest BCUT2D eigenvalue weighted by molar-refractivity contribution is 6.20. The SMILES string of the molecule is Cc1cc2ccc(O)c(O)c2c2ccc3ccccc3c12. The van der Waals surface area contributed by atoms with E-state index in [9.17, 15) is 10.2 Å². The minimum atomic E-state index is -0.0826. The third kappa shape index (κ3) is 1.59. The van der Waals surface area contributed by atoms with Gasteiger partial charge < -0.3 is 10.2 Å². The van der Waals surface area contributed by atoms with Gasteiger partial charge in [0.1, 0.15) is 0 Å². The van der Waals surface area contributed by atoms with Crippen LogP contribution in [-0.2, 0) is 0 Å². The number of benzene rings is 4. The molecule has 4 aromatic rings. The standard InChI is InChI=1S/C19H14O2/c1-11-10-13-7-9-16(20)19(21)18(13)15-8-6-12-4-2-3-5-14(12)17(11)15/h2-10,20-21H,1H3. The number of phenols is 2. The summed E-state index contributed by atoms with van der Waals surface area (Å²) in [6, 6.07) is 17.7. The van der Waals surface area contributed by atoms with E-state index < -0.39 is 0 Å². The molecule has 2 N–H and O–H groups in total. The van der Waals surface area contributed by atoms with Crippen LogP contribution in [0.2, 0.25) is 0 Å². The van der Waals surface area contributed by atoms with Gasteiger partial charge in [0.25, 0.3) is 0 Å². The summed E-state index contributed by atoms with van der Waals surface area (Å²) >= 11 is 0. The summed E-state index contributed by atoms with van der Waals surface area (Å²) in [5, 5.41) is 26.2. The van der Waals surface area contributed by atoms with Crippen molar-refractivity contribution in [2.24, 2.45) is 0 Å². The van der Waals surface area contributed by atoms with E-state index in [1.165, 1.54) is 17.0 Å². The normalized spacial score (nSPS) is 11.5. The highest BCUT2D eigenvalue weighted by atomic mass is 16.3. The van der Waals surface area contributed by atoms with Gasteiger partial charge in [-0.15, -0.1) is 0 Å². The molecule has 0 aliphatic heterocycles. The van der Waals surface area contributed by atoms with Gasteiger partial charge in [0.2, 0.25) is 0 Å². The van der Waals surface area contributed by atoms with Crippen molar-refractivity contribution >= 4 is 32.3 Å². The molecule has 0 bridgehead atoms. The van der Waals surface area contributed by atoms with Crippen molar-refractivity contribution in [1.29, 1.82) is 0 Å². The number of aryl methyl sites for hydroxylation is 1. The minimum absolute atomic E-state index is 0.0484. The zero-order valence-corrected chi connectivity index (χ0v) is 11.6. The van der Waals surface area contributed by atoms with Crippen LogP contribution in [-0.4, -0.2) is 10.2 Å². The Morgan fingerprint density at radius 2 is 1.48 bits per heavy atom. The highest BCUT2D eigenvalue weighted by Crippen LogP contribution is 2.41. The van der Waals surface area contributed by atoms with Crippen LogP contribution in [0.3, 0.4) is 0 Å². The molecule has 0 saturated heterocycles. The van der Waals surface area contributed by atoms with Crippen molar-refractivity contribution in [2.75, 3.05) is 0 Å². The van der Waals surface area contributed by atoms with Gasteiger partial charge in [0, 0.05) is 5.39 Å². The Kier molecular flexibility index (Phi) is 2.36. The van der Waals surface area contributed by atoms with Crippen molar-refractivity contribution in [2.45, 2.75) is 6.92 Å². The third-order valence-corrected chi connectivity index (χ3v) is 4.15. The van der Waals surface area contributed by atoms with Crippen molar-refractivity contribution in [3.8, 4) is 11.5 Å². The fourth-order valence-corrected chi connectivity index (χ4v) is 3.21. The molecule has 4 aromatic carbocycles. The van der Waals surface area contributed by atoms with E-state index in [0.717, 1.165) is 21.5 Å². The predicted octanol–water partition coefficient (Wildman–Crippen LogP) is 4.87. The first-order valence-electron chi connectivity index (χ1n) is 6.92. The van der Waals surface area contributed by atoms with Gasteiger partial charge in [-0.1, -0.05) is 48.5 Å². The van der Waals surface area contributed by atoms with Crippen LogP contribution in [0.4, 0.5) is 0 Å². The van der Waals surface area contributed by atoms with Crippen molar-refractivity contribution in [1.82, 2.24) is 0 Å². The number of fused-ring (bicyclic) bond motifs is 5. The second-order valence-electron chi connectivity index (χ2n) is 5.43. The maximum Gasteiger partial charge on any atom is 0.166 e. The summed E-state index contributed by atoms with van der Waals surface area (Å²) in [6.45, 7) is 2.08. The monoisotopic (exact) mass is 274 g/mol. The molecule has 0 radical (unpaired) electrons. The molecule has 0 amide bonds. The van der Waals surface area contributed by atoms with E-state index in [-0.39, 0.29) is 11.5 Å². The van der Waals surface area contributed by atoms with Gasteiger partial charge in [0.05, 0.1) is 0 Å². The molecular weight excluding hydrogens is 260 g/mol. The average Bonchev–Trinajstić information content (AvgIpc) is 2.50. The Hall–Kier alpha value is -2.74. The van der Waals surface area contributed by atoms with Gasteiger partial charge in [-0.25, -0.2) is 0 Å². The Labute approximate surface area is 121 Å². The number of hydrogen-bond acceptors (Lipinski definition) is 2. The van der Waals surface area contributed by atoms with Crippen LogP contribution in [0, 0.1) is 6.92 Å². The smallest absolute Gasteiger partial charge is 0.166 e. The van der Waals surface area contributed by atoms with E-state index in [1.807, 2.05) is 24.3 Å². The lowest BCUT2D eigenvalue weighted by Crippen LogP contribution is -1.86. The quantitative estimate of drug-likeness (QED) is 0.355. The molecule has 102 valence electrons. The second-order valence-corrected chi connectivity index (χ2v) is 5.43. The van der Waals surface area contributed by atoms with E-state index in [0.29, 0.717) is 5.39 Å². The zero-order valence-electron chi connectivity index (χ0n) is 11.6. The lowest BCUT2D eigenvalue weighted by molar-refractivity contribution is 0.408. The molecule has 2 heteroatoms. The molecule has 0 aromatic heterocycles. The first-order valence-corrected chi connectivity index (χ1v) is 6.92. The van der Waals surface area contributed by atoms with Gasteiger partial charge in [0.15, 0.2) is 11.5 Å². The molecule has 0 aliphatic carbocycles. The van der Waals surface area contributed by atoms with Crippen LogP contribution in [0.1, 0.15) is 5.56 Å². The van der Waals surface area contributed by atoms with Gasteiger partial charge in [-0.05, 0) is 45.5 Å². The lowest BCUT2D eigenvalue weighted by atomic mass is 9.93. The summed E-state index contributed by atoms with van der Waals surface area (Å²) in [6.07, 6.45) is 0. The number of rotatable bonds is 0. The van der Waals surface area contributed by atoms with Crippen LogP contribution >= 0.6 is 0 Å². The molecule has 0 unspecified atom stereocenters. The third-order valence-electron chi connectivity index (χ3n) is 4.15. The van der Waals surface area contributed by atoms with Crippen molar-refractivity contribution in [3.63, 3.8) is 0 Å². The van der Waals surface area contributed by atoms with Crippen LogP contribution in [0.25, 0.3) is 32.3 Å². The summed E-state index contributed by atoms with van der Waals surface area (Å²) < 4.78 is 0. The predicted molar refractivity (Wildman–Crippen MR) is 87.0 cm³/mol. The van der Waals surface area contributed by atoms with Crippen LogP contribution in [0.15, 0.2) is 54.6 Å². The minimum Gasteiger partial charge on any atom is -0.504 e. The molecule has 0 heterocycles. The molecule has 4 rings (SSSR count). The maximum absolute atomic E-state index is 10.3. The second kappa shape index (κ2) is 4.13. The number of aromatic hydroxyl groups is 2. The summed E-state index contributed by atoms with van der Waals surface area (Å²) in [4.78, 5) is 0. The van der Waals surface area contributed by atoms with E-state index in [1.54, 1.807) is 0 Å². The molecule has 0 atom stereocenters. The highest BCUT2D eigenvalue weighted by Gasteiger charge is 2.12. The molecule has 0 saturated carbocycles. The number of hydrogen-bond donors (Lipinski definition) is 2. The van der Waals surface area contributed by atoms with E-state index >= 15 is 0 Å². The Bertz CT molecular complexity index is 1020. The Morgan fingerprint density at radius 3 is 2.33 bits per heavy atom. The first kappa shape index (κ1) is 12.0. The topological polar surface area (TPSA) is 40.5 Å². The molecule has 0 spiro atoms. The lowest BCUT2D eigenvalue weighted by Gasteiger charge is -2.12. The van der Waals surface area contributed by atoms with Gasteiger partial charge >= 0.3 is 0 Å². The molecule has 2 nitrogen and oxygen atoms in total. The molecular formula is C19H14O2. The largest absolute Gasteiger partial charge is 0.504 e. The molecule has 0 fully saturated rings. The molecule has 21 heavy (non-hydrogen) atoms. The Morgan fingerprint density at radius 1 is 0.714 bits per heavy atom. The maximum atomic E-state index is 10.3. The first-order chi connectivity index (χ1) is 10.2. The fraction of sp³-hybridized carbons (Fsp3) is 0.0526. The van der Waals surface area contributed by atoms with E-state index in [4.69, 9.17) is 0 Å². The Balaban J connectivity index is 2.36. The molecule has 0 aliphatic rings. The van der Waals surface area contributed by atoms with Gasteiger partial charge in [-0.3, -0.25) is 0 Å².